The van der Waals surface area contributed by atoms with Crippen molar-refractivity contribution < 1.29 is 20.8 Å². The van der Waals surface area contributed by atoms with Crippen LogP contribution in [-0.2, 0) is 20.8 Å². The first-order chi connectivity index (χ1) is 10.9. The first kappa shape index (κ1) is 23.7. The van der Waals surface area contributed by atoms with Crippen molar-refractivity contribution in [1.82, 2.24) is 0 Å². The van der Waals surface area contributed by atoms with Crippen molar-refractivity contribution in [3.63, 3.8) is 0 Å². The van der Waals surface area contributed by atoms with Gasteiger partial charge in [-0.05, 0) is 58.4 Å². The fourth-order valence-electron chi connectivity index (χ4n) is 4.44. The number of rotatable bonds is 2. The summed E-state index contributed by atoms with van der Waals surface area (Å²) in [7, 11) is 8.21. The van der Waals surface area contributed by atoms with E-state index in [9.17, 15) is 0 Å². The monoisotopic (exact) mass is 458 g/mol. The van der Waals surface area contributed by atoms with Crippen molar-refractivity contribution >= 4 is 25.1 Å². The second-order valence-corrected chi connectivity index (χ2v) is 15.4. The van der Waals surface area contributed by atoms with E-state index in [-0.39, 0.29) is 0 Å². The number of hydrogen-bond acceptors (Lipinski definition) is 0. The van der Waals surface area contributed by atoms with E-state index in [1.807, 2.05) is 0 Å². The fourth-order valence-corrected chi connectivity index (χ4v) is 9.19. The van der Waals surface area contributed by atoms with Crippen molar-refractivity contribution in [3.8, 4) is 0 Å². The van der Waals surface area contributed by atoms with Crippen LogP contribution < -0.4 is 0 Å². The summed E-state index contributed by atoms with van der Waals surface area (Å²) < 4.78 is 0. The van der Waals surface area contributed by atoms with Gasteiger partial charge in [-0.3, -0.25) is 0 Å². The van der Waals surface area contributed by atoms with Crippen LogP contribution in [0.5, 0.6) is 0 Å². The van der Waals surface area contributed by atoms with E-state index in [4.69, 9.17) is 17.0 Å². The molecule has 0 aromatic rings. The zero-order valence-electron chi connectivity index (χ0n) is 16.8. The Balaban J connectivity index is 0.000000891. The first-order valence-corrected chi connectivity index (χ1v) is 17.7. The van der Waals surface area contributed by atoms with E-state index in [0.29, 0.717) is 0 Å². The van der Waals surface area contributed by atoms with E-state index < -0.39 is 28.9 Å². The zero-order chi connectivity index (χ0) is 19.0. The van der Waals surface area contributed by atoms with Crippen molar-refractivity contribution in [2.24, 2.45) is 0 Å². The molecule has 130 valence electrons. The van der Waals surface area contributed by atoms with Crippen molar-refractivity contribution in [1.29, 1.82) is 0 Å². The molecule has 24 heavy (non-hydrogen) atoms. The molecule has 0 heterocycles. The van der Waals surface area contributed by atoms with Gasteiger partial charge in [0.05, 0.1) is 8.07 Å². The van der Waals surface area contributed by atoms with Crippen molar-refractivity contribution in [2.75, 3.05) is 0 Å². The molecule has 0 unspecified atom stereocenters. The minimum absolute atomic E-state index is 0.826. The van der Waals surface area contributed by atoms with Gasteiger partial charge in [0.1, 0.15) is 0 Å². The molecule has 0 N–H and O–H groups in total. The predicted molar refractivity (Wildman–Crippen MR) is 107 cm³/mol. The second kappa shape index (κ2) is 9.25. The molecule has 2 aliphatic rings. The molecule has 0 atom stereocenters. The average Bonchev–Trinajstić information content (AvgIpc) is 2.81. The van der Waals surface area contributed by atoms with Crippen LogP contribution in [0.4, 0.5) is 0 Å². The molecule has 0 saturated heterocycles. The van der Waals surface area contributed by atoms with Crippen LogP contribution in [0.2, 0.25) is 13.1 Å². The normalized spacial score (nSPS) is 26.2. The van der Waals surface area contributed by atoms with Gasteiger partial charge >= 0.3 is 37.9 Å². The summed E-state index contributed by atoms with van der Waals surface area (Å²) in [4.78, 5) is 0. The Labute approximate surface area is 171 Å². The van der Waals surface area contributed by atoms with Gasteiger partial charge in [-0.25, -0.2) is 0 Å². The minimum atomic E-state index is -1.65. The van der Waals surface area contributed by atoms with Gasteiger partial charge in [0.25, 0.3) is 0 Å². The maximum atomic E-state index is 4.93. The molecule has 0 aliphatic heterocycles. The summed E-state index contributed by atoms with van der Waals surface area (Å²) in [6.45, 7) is 23.5. The number of halogens is 2. The van der Waals surface area contributed by atoms with Gasteiger partial charge in [0.15, 0.2) is 0 Å². The fraction of sp³-hybridized carbons (Fsp3) is 0.500. The van der Waals surface area contributed by atoms with E-state index in [2.05, 4.69) is 68.5 Å². The van der Waals surface area contributed by atoms with Crippen LogP contribution in [-0.4, -0.2) is 8.07 Å². The molecule has 4 heteroatoms. The van der Waals surface area contributed by atoms with Gasteiger partial charge in [-0.15, -0.1) is 0 Å². The molecule has 2 rings (SSSR count). The van der Waals surface area contributed by atoms with E-state index >= 15 is 0 Å². The molecule has 0 aromatic heterocycles. The van der Waals surface area contributed by atoms with Crippen LogP contribution in [0.25, 0.3) is 0 Å². The van der Waals surface area contributed by atoms with Crippen LogP contribution >= 0.6 is 17.0 Å². The molecule has 2 aliphatic carbocycles. The van der Waals surface area contributed by atoms with Crippen LogP contribution in [0.1, 0.15) is 55.4 Å². The van der Waals surface area contributed by atoms with Gasteiger partial charge in [0.2, 0.25) is 0 Å². The Kier molecular flexibility index (Phi) is 9.14. The molecular weight excluding hydrogens is 430 g/mol. The molecular formula is C20H30Cl2SiZr+2. The Morgan fingerprint density at radius 3 is 0.833 bits per heavy atom. The van der Waals surface area contributed by atoms with E-state index in [1.165, 1.54) is 47.3 Å². The maximum absolute atomic E-state index is 4.93. The molecule has 0 nitrogen and oxygen atoms in total. The standard InChI is InChI=1S/C20H30Si.2ClH.Zr/c1-11-12(2)16(6)19(15(11)5)21(9,10)20-17(7)13(3)14(4)18(20)8;;;/h1-10H3;2*1H;/q;;;+4/p-2. The Bertz CT molecular complexity index is 341. The van der Waals surface area contributed by atoms with Crippen molar-refractivity contribution in [3.05, 3.63) is 58.4 Å². The Hall–Kier alpha value is 1.68. The number of hydrogen-bond donors (Lipinski definition) is 0. The predicted octanol–water partition coefficient (Wildman–Crippen LogP) is 7.08. The third-order valence-electron chi connectivity index (χ3n) is 6.12. The van der Waals surface area contributed by atoms with Crippen LogP contribution in [0.3, 0.4) is 0 Å². The third-order valence-corrected chi connectivity index (χ3v) is 10.1. The first-order valence-electron chi connectivity index (χ1n) is 8.38. The van der Waals surface area contributed by atoms with E-state index in [0.717, 1.165) is 0 Å². The summed E-state index contributed by atoms with van der Waals surface area (Å²) in [6, 6.07) is 0. The van der Waals surface area contributed by atoms with Gasteiger partial charge in [-0.2, -0.15) is 0 Å². The quantitative estimate of drug-likeness (QED) is 0.386. The van der Waals surface area contributed by atoms with Gasteiger partial charge < -0.3 is 0 Å². The van der Waals surface area contributed by atoms with E-state index in [1.54, 1.807) is 11.1 Å². The summed E-state index contributed by atoms with van der Waals surface area (Å²) in [6.07, 6.45) is 0. The van der Waals surface area contributed by atoms with Gasteiger partial charge in [0, 0.05) is 0 Å². The molecule has 2 saturated carbocycles. The van der Waals surface area contributed by atoms with Gasteiger partial charge in [-0.1, -0.05) is 68.5 Å². The molecule has 2 fully saturated rings. The zero-order valence-corrected chi connectivity index (χ0v) is 21.7. The molecule has 0 bridgehead atoms. The third kappa shape index (κ3) is 4.23. The Morgan fingerprint density at radius 1 is 0.500 bits per heavy atom. The SMILES string of the molecule is C[C]1[C](C)[C](C)[C]([Si](C)(C)[C]2[C](C)[C](C)[C](C)[C]2C)[C]1C.[Cl][Zr+2][Cl]. The topological polar surface area (TPSA) is 0 Å². The summed E-state index contributed by atoms with van der Waals surface area (Å²) >= 11 is -0.826. The van der Waals surface area contributed by atoms with Crippen LogP contribution in [0, 0.1) is 58.4 Å². The molecule has 0 aromatic carbocycles. The average molecular weight is 461 g/mol. The molecule has 10 radical (unpaired) electrons. The molecule has 0 amide bonds. The summed E-state index contributed by atoms with van der Waals surface area (Å²) in [5.41, 5.74) is 3.35. The Morgan fingerprint density at radius 2 is 0.667 bits per heavy atom. The molecule has 0 spiro atoms. The van der Waals surface area contributed by atoms with Crippen molar-refractivity contribution in [2.45, 2.75) is 68.5 Å². The second-order valence-electron chi connectivity index (χ2n) is 7.45. The summed E-state index contributed by atoms with van der Waals surface area (Å²) in [5, 5.41) is 0. The summed E-state index contributed by atoms with van der Waals surface area (Å²) in [5.74, 6) is 12.1. The van der Waals surface area contributed by atoms with Crippen LogP contribution in [0.15, 0.2) is 0 Å².